The molecule has 7 heteroatoms. The molecule has 7 nitrogen and oxygen atoms in total. The average Bonchev–Trinajstić information content (AvgIpc) is 3.32. The minimum absolute atomic E-state index is 0.0161. The van der Waals surface area contributed by atoms with Gasteiger partial charge in [0.15, 0.2) is 5.69 Å². The smallest absolute Gasteiger partial charge is 0.357 e. The van der Waals surface area contributed by atoms with Gasteiger partial charge in [0.05, 0.1) is 19.9 Å². The summed E-state index contributed by atoms with van der Waals surface area (Å²) in [6.07, 6.45) is 3.89. The summed E-state index contributed by atoms with van der Waals surface area (Å²) in [5.41, 5.74) is 2.56. The van der Waals surface area contributed by atoms with Crippen LogP contribution in [-0.2, 0) is 9.47 Å². The molecule has 4 aromatic rings. The molecule has 4 rings (SSSR count). The zero-order valence-electron chi connectivity index (χ0n) is 19.4. The maximum absolute atomic E-state index is 12.8. The van der Waals surface area contributed by atoms with Crippen LogP contribution in [0.4, 0.5) is 0 Å². The van der Waals surface area contributed by atoms with Crippen LogP contribution in [0.5, 0.6) is 5.75 Å². The van der Waals surface area contributed by atoms with E-state index in [0.29, 0.717) is 23.6 Å². The predicted molar refractivity (Wildman–Crippen MR) is 133 cm³/mol. The second kappa shape index (κ2) is 11.0. The topological polar surface area (TPSA) is 79.7 Å². The first-order valence-corrected chi connectivity index (χ1v) is 10.9. The molecule has 0 saturated heterocycles. The Hall–Kier alpha value is -4.65. The number of para-hydroxylation sites is 1. The number of carbonyl (C=O) groups is 2. The molecule has 0 amide bonds. The highest BCUT2D eigenvalue weighted by atomic mass is 16.5. The number of methoxy groups -OCH3 is 2. The van der Waals surface area contributed by atoms with Gasteiger partial charge in [-0.1, -0.05) is 66.7 Å². The first kappa shape index (κ1) is 23.5. The third-order valence-corrected chi connectivity index (χ3v) is 5.22. The number of ether oxygens (including phenoxy) is 3. The van der Waals surface area contributed by atoms with Crippen molar-refractivity contribution in [3.8, 4) is 22.7 Å². The Morgan fingerprint density at radius 3 is 2.23 bits per heavy atom. The monoisotopic (exact) mass is 468 g/mol. The Bertz CT molecular complexity index is 1340. The van der Waals surface area contributed by atoms with E-state index in [4.69, 9.17) is 14.2 Å². The molecule has 0 aliphatic carbocycles. The molecule has 0 atom stereocenters. The normalized spacial score (nSPS) is 10.8. The van der Waals surface area contributed by atoms with Crippen molar-refractivity contribution in [2.24, 2.45) is 0 Å². The molecule has 35 heavy (non-hydrogen) atoms. The van der Waals surface area contributed by atoms with Crippen LogP contribution in [0, 0.1) is 0 Å². The summed E-state index contributed by atoms with van der Waals surface area (Å²) in [5, 5.41) is 4.61. The average molecular weight is 469 g/mol. The first-order valence-electron chi connectivity index (χ1n) is 10.9. The van der Waals surface area contributed by atoms with Crippen molar-refractivity contribution in [1.29, 1.82) is 0 Å². The Balaban J connectivity index is 1.71. The molecule has 0 radical (unpaired) electrons. The van der Waals surface area contributed by atoms with E-state index >= 15 is 0 Å². The molecule has 3 aromatic carbocycles. The molecule has 0 spiro atoms. The van der Waals surface area contributed by atoms with Gasteiger partial charge in [0.25, 0.3) is 0 Å². The number of hydrogen-bond acceptors (Lipinski definition) is 6. The Morgan fingerprint density at radius 1 is 0.857 bits per heavy atom. The molecule has 176 valence electrons. The number of rotatable bonds is 8. The molecular formula is C28H24N2O5. The SMILES string of the molecule is COC(=O)c1c(-c2cccc(OCC=Cc3ccccc3)c2)nn(-c2ccccc2)c1C(=O)OC. The van der Waals surface area contributed by atoms with Gasteiger partial charge >= 0.3 is 11.9 Å². The van der Waals surface area contributed by atoms with Crippen LogP contribution < -0.4 is 4.74 Å². The maximum Gasteiger partial charge on any atom is 0.357 e. The number of aromatic nitrogens is 2. The van der Waals surface area contributed by atoms with E-state index in [9.17, 15) is 9.59 Å². The highest BCUT2D eigenvalue weighted by molar-refractivity contribution is 6.06. The lowest BCUT2D eigenvalue weighted by molar-refractivity contribution is 0.0549. The van der Waals surface area contributed by atoms with Gasteiger partial charge in [0, 0.05) is 5.56 Å². The van der Waals surface area contributed by atoms with Crippen LogP contribution in [0.15, 0.2) is 91.0 Å². The van der Waals surface area contributed by atoms with Crippen LogP contribution >= 0.6 is 0 Å². The molecule has 0 aliphatic rings. The van der Waals surface area contributed by atoms with Crippen molar-refractivity contribution in [2.75, 3.05) is 20.8 Å². The van der Waals surface area contributed by atoms with Gasteiger partial charge in [0.2, 0.25) is 0 Å². The summed E-state index contributed by atoms with van der Waals surface area (Å²) in [5.74, 6) is -0.809. The van der Waals surface area contributed by atoms with Crippen LogP contribution in [-0.4, -0.2) is 42.5 Å². The minimum Gasteiger partial charge on any atom is -0.490 e. The Morgan fingerprint density at radius 2 is 1.54 bits per heavy atom. The van der Waals surface area contributed by atoms with E-state index in [1.54, 1.807) is 30.3 Å². The standard InChI is InChI=1S/C28H24N2O5/c1-33-27(31)24-25(29-30(26(24)28(32)34-2)22-15-7-4-8-16-22)21-14-9-17-23(19-21)35-18-10-13-20-11-5-3-6-12-20/h3-17,19H,18H2,1-2H3. The van der Waals surface area contributed by atoms with Crippen molar-refractivity contribution in [3.05, 3.63) is 108 Å². The van der Waals surface area contributed by atoms with Gasteiger partial charge < -0.3 is 14.2 Å². The number of benzene rings is 3. The minimum atomic E-state index is -0.702. The molecule has 0 fully saturated rings. The van der Waals surface area contributed by atoms with E-state index in [1.165, 1.54) is 18.9 Å². The number of carbonyl (C=O) groups excluding carboxylic acids is 2. The second-order valence-corrected chi connectivity index (χ2v) is 7.45. The molecule has 0 unspecified atom stereocenters. The molecule has 0 saturated carbocycles. The molecule has 0 N–H and O–H groups in total. The largest absolute Gasteiger partial charge is 0.490 e. The first-order chi connectivity index (χ1) is 17.1. The van der Waals surface area contributed by atoms with Crippen LogP contribution in [0.2, 0.25) is 0 Å². The molecule has 1 heterocycles. The highest BCUT2D eigenvalue weighted by Crippen LogP contribution is 2.31. The fourth-order valence-electron chi connectivity index (χ4n) is 3.58. The van der Waals surface area contributed by atoms with Crippen LogP contribution in [0.25, 0.3) is 23.0 Å². The molecular weight excluding hydrogens is 444 g/mol. The van der Waals surface area contributed by atoms with E-state index in [2.05, 4.69) is 5.10 Å². The zero-order chi connectivity index (χ0) is 24.6. The quantitative estimate of drug-likeness (QED) is 0.331. The summed E-state index contributed by atoms with van der Waals surface area (Å²) in [4.78, 5) is 25.5. The summed E-state index contributed by atoms with van der Waals surface area (Å²) in [7, 11) is 2.51. The lowest BCUT2D eigenvalue weighted by Crippen LogP contribution is -2.15. The van der Waals surface area contributed by atoms with Crippen molar-refractivity contribution in [2.45, 2.75) is 0 Å². The maximum atomic E-state index is 12.8. The number of hydrogen-bond donors (Lipinski definition) is 0. The van der Waals surface area contributed by atoms with Crippen LogP contribution in [0.3, 0.4) is 0 Å². The summed E-state index contributed by atoms with van der Waals surface area (Å²) < 4.78 is 17.2. The Kier molecular flexibility index (Phi) is 7.37. The van der Waals surface area contributed by atoms with Crippen molar-refractivity contribution < 1.29 is 23.8 Å². The van der Waals surface area contributed by atoms with Gasteiger partial charge in [-0.3, -0.25) is 0 Å². The van der Waals surface area contributed by atoms with E-state index in [0.717, 1.165) is 5.56 Å². The van der Waals surface area contributed by atoms with Gasteiger partial charge in [-0.05, 0) is 35.9 Å². The van der Waals surface area contributed by atoms with Gasteiger partial charge in [-0.15, -0.1) is 0 Å². The summed E-state index contributed by atoms with van der Waals surface area (Å²) in [6, 6.07) is 26.1. The van der Waals surface area contributed by atoms with E-state index < -0.39 is 11.9 Å². The highest BCUT2D eigenvalue weighted by Gasteiger charge is 2.31. The van der Waals surface area contributed by atoms with Crippen molar-refractivity contribution in [1.82, 2.24) is 9.78 Å². The Labute approximate surface area is 203 Å². The van der Waals surface area contributed by atoms with Crippen molar-refractivity contribution >= 4 is 18.0 Å². The van der Waals surface area contributed by atoms with Gasteiger partial charge in [-0.25, -0.2) is 14.3 Å². The zero-order valence-corrected chi connectivity index (χ0v) is 19.4. The van der Waals surface area contributed by atoms with Crippen LogP contribution in [0.1, 0.15) is 26.4 Å². The summed E-state index contributed by atoms with van der Waals surface area (Å²) in [6.45, 7) is 0.355. The van der Waals surface area contributed by atoms with E-state index in [-0.39, 0.29) is 17.0 Å². The fraction of sp³-hybridized carbons (Fsp3) is 0.107. The number of nitrogens with zero attached hydrogens (tertiary/aromatic N) is 2. The number of esters is 2. The molecule has 1 aromatic heterocycles. The van der Waals surface area contributed by atoms with Gasteiger partial charge in [-0.2, -0.15) is 5.10 Å². The third-order valence-electron chi connectivity index (χ3n) is 5.22. The van der Waals surface area contributed by atoms with Crippen molar-refractivity contribution in [3.63, 3.8) is 0 Å². The predicted octanol–water partition coefficient (Wildman–Crippen LogP) is 5.20. The lowest BCUT2D eigenvalue weighted by Gasteiger charge is -2.07. The fourth-order valence-corrected chi connectivity index (χ4v) is 3.58. The van der Waals surface area contributed by atoms with E-state index in [1.807, 2.05) is 66.7 Å². The molecule has 0 bridgehead atoms. The lowest BCUT2D eigenvalue weighted by atomic mass is 10.1. The van der Waals surface area contributed by atoms with Gasteiger partial charge in [0.1, 0.15) is 23.6 Å². The second-order valence-electron chi connectivity index (χ2n) is 7.45. The molecule has 0 aliphatic heterocycles. The summed E-state index contributed by atoms with van der Waals surface area (Å²) >= 11 is 0. The third kappa shape index (κ3) is 5.30.